The molecule has 1 aromatic carbocycles. The van der Waals surface area contributed by atoms with Crippen LogP contribution in [0.5, 0.6) is 5.75 Å². The number of anilines is 1. The predicted octanol–water partition coefficient (Wildman–Crippen LogP) is 3.47. The lowest BCUT2D eigenvalue weighted by Crippen LogP contribution is -2.48. The molecule has 146 valence electrons. The summed E-state index contributed by atoms with van der Waals surface area (Å²) >= 11 is 1.62. The molecule has 2 N–H and O–H groups in total. The first kappa shape index (κ1) is 18.6. The average molecular weight is 397 g/mol. The third-order valence-corrected chi connectivity index (χ3v) is 5.75. The Bertz CT molecular complexity index is 905. The SMILES string of the molecule is COc1ccc(-c2cc(N3CCCC(NC(=O)Cc4ccsc4)C3)n[nH]2)cc1. The number of hydrogen-bond donors (Lipinski definition) is 2. The number of benzene rings is 1. The second-order valence-electron chi connectivity index (χ2n) is 7.03. The first-order chi connectivity index (χ1) is 13.7. The quantitative estimate of drug-likeness (QED) is 0.669. The summed E-state index contributed by atoms with van der Waals surface area (Å²) in [6.07, 6.45) is 2.49. The fourth-order valence-electron chi connectivity index (χ4n) is 3.55. The predicted molar refractivity (Wildman–Crippen MR) is 112 cm³/mol. The first-order valence-corrected chi connectivity index (χ1v) is 10.4. The molecule has 0 spiro atoms. The minimum Gasteiger partial charge on any atom is -0.497 e. The molecule has 4 rings (SSSR count). The van der Waals surface area contributed by atoms with Gasteiger partial charge < -0.3 is 15.0 Å². The van der Waals surface area contributed by atoms with Crippen molar-refractivity contribution in [3.63, 3.8) is 0 Å². The third kappa shape index (κ3) is 4.36. The van der Waals surface area contributed by atoms with Crippen molar-refractivity contribution in [2.45, 2.75) is 25.3 Å². The number of carbonyl (C=O) groups is 1. The zero-order valence-corrected chi connectivity index (χ0v) is 16.7. The minimum atomic E-state index is 0.0891. The number of aromatic nitrogens is 2. The number of ether oxygens (including phenoxy) is 1. The van der Waals surface area contributed by atoms with E-state index < -0.39 is 0 Å². The van der Waals surface area contributed by atoms with Gasteiger partial charge >= 0.3 is 0 Å². The molecule has 1 amide bonds. The topological polar surface area (TPSA) is 70.2 Å². The van der Waals surface area contributed by atoms with Gasteiger partial charge in [-0.1, -0.05) is 0 Å². The molecule has 7 heteroatoms. The molecule has 0 bridgehead atoms. The van der Waals surface area contributed by atoms with Crippen LogP contribution >= 0.6 is 11.3 Å². The minimum absolute atomic E-state index is 0.0891. The lowest BCUT2D eigenvalue weighted by molar-refractivity contribution is -0.121. The van der Waals surface area contributed by atoms with Gasteiger partial charge in [0.2, 0.25) is 5.91 Å². The second kappa shape index (κ2) is 8.48. The van der Waals surface area contributed by atoms with Crippen LogP contribution in [0, 0.1) is 0 Å². The lowest BCUT2D eigenvalue weighted by Gasteiger charge is -2.33. The molecular weight excluding hydrogens is 372 g/mol. The third-order valence-electron chi connectivity index (χ3n) is 5.02. The van der Waals surface area contributed by atoms with Crippen LogP contribution in [-0.2, 0) is 11.2 Å². The van der Waals surface area contributed by atoms with Crippen molar-refractivity contribution in [2.24, 2.45) is 0 Å². The molecule has 1 aliphatic rings. The van der Waals surface area contributed by atoms with Gasteiger partial charge in [-0.3, -0.25) is 9.89 Å². The summed E-state index contributed by atoms with van der Waals surface area (Å²) in [5.74, 6) is 1.84. The van der Waals surface area contributed by atoms with Gasteiger partial charge in [0, 0.05) is 25.2 Å². The number of nitrogens with one attached hydrogen (secondary N) is 2. The molecule has 2 aromatic heterocycles. The Kier molecular flexibility index (Phi) is 5.62. The maximum Gasteiger partial charge on any atom is 0.224 e. The summed E-state index contributed by atoms with van der Waals surface area (Å²) in [4.78, 5) is 14.5. The largest absolute Gasteiger partial charge is 0.497 e. The number of carbonyl (C=O) groups excluding carboxylic acids is 1. The Morgan fingerprint density at radius 2 is 2.21 bits per heavy atom. The van der Waals surface area contributed by atoms with Crippen LogP contribution in [0.2, 0.25) is 0 Å². The number of amides is 1. The van der Waals surface area contributed by atoms with E-state index in [1.807, 2.05) is 41.1 Å². The molecule has 1 atom stereocenters. The summed E-state index contributed by atoms with van der Waals surface area (Å²) in [5, 5.41) is 14.8. The summed E-state index contributed by atoms with van der Waals surface area (Å²) in [5.41, 5.74) is 3.12. The molecule has 0 aliphatic carbocycles. The highest BCUT2D eigenvalue weighted by Crippen LogP contribution is 2.25. The molecule has 1 saturated heterocycles. The Morgan fingerprint density at radius 3 is 2.96 bits per heavy atom. The smallest absolute Gasteiger partial charge is 0.224 e. The molecule has 3 heterocycles. The summed E-state index contributed by atoms with van der Waals surface area (Å²) in [6.45, 7) is 1.73. The van der Waals surface area contributed by atoms with Crippen molar-refractivity contribution in [3.05, 3.63) is 52.7 Å². The van der Waals surface area contributed by atoms with E-state index in [9.17, 15) is 4.79 Å². The number of thiophene rings is 1. The van der Waals surface area contributed by atoms with Gasteiger partial charge in [-0.2, -0.15) is 16.4 Å². The fourth-order valence-corrected chi connectivity index (χ4v) is 4.22. The van der Waals surface area contributed by atoms with Crippen LogP contribution in [0.3, 0.4) is 0 Å². The maximum absolute atomic E-state index is 12.3. The number of methoxy groups -OCH3 is 1. The van der Waals surface area contributed by atoms with Gasteiger partial charge in [0.1, 0.15) is 5.75 Å². The standard InChI is InChI=1S/C21H24N4O2S/c1-27-18-6-4-16(5-7-18)19-12-20(24-23-19)25-9-2-3-17(13-25)22-21(26)11-15-8-10-28-14-15/h4-8,10,12,14,17H,2-3,9,11,13H2,1H3,(H,22,26)(H,23,24). The summed E-state index contributed by atoms with van der Waals surface area (Å²) < 4.78 is 5.21. The maximum atomic E-state index is 12.3. The number of piperidine rings is 1. The molecule has 1 fully saturated rings. The van der Waals surface area contributed by atoms with E-state index in [0.717, 1.165) is 54.3 Å². The van der Waals surface area contributed by atoms with Gasteiger partial charge in [0.25, 0.3) is 0 Å². The zero-order valence-electron chi connectivity index (χ0n) is 15.9. The van der Waals surface area contributed by atoms with E-state index in [2.05, 4.69) is 26.5 Å². The Hall–Kier alpha value is -2.80. The van der Waals surface area contributed by atoms with Crippen molar-refractivity contribution in [2.75, 3.05) is 25.1 Å². The fraction of sp³-hybridized carbons (Fsp3) is 0.333. The molecule has 6 nitrogen and oxygen atoms in total. The van der Waals surface area contributed by atoms with Crippen LogP contribution in [0.4, 0.5) is 5.82 Å². The zero-order chi connectivity index (χ0) is 19.3. The van der Waals surface area contributed by atoms with Crippen molar-refractivity contribution in [1.29, 1.82) is 0 Å². The van der Waals surface area contributed by atoms with Crippen molar-refractivity contribution < 1.29 is 9.53 Å². The Labute approximate surface area is 168 Å². The number of aromatic amines is 1. The van der Waals surface area contributed by atoms with Crippen LogP contribution < -0.4 is 15.0 Å². The monoisotopic (exact) mass is 396 g/mol. The lowest BCUT2D eigenvalue weighted by atomic mass is 10.0. The Morgan fingerprint density at radius 1 is 1.36 bits per heavy atom. The van der Waals surface area contributed by atoms with Crippen molar-refractivity contribution in [1.82, 2.24) is 15.5 Å². The second-order valence-corrected chi connectivity index (χ2v) is 7.81. The summed E-state index contributed by atoms with van der Waals surface area (Å²) in [7, 11) is 1.66. The van der Waals surface area contributed by atoms with Gasteiger partial charge in [-0.05, 0) is 65.1 Å². The van der Waals surface area contributed by atoms with Crippen LogP contribution in [-0.4, -0.2) is 42.3 Å². The highest BCUT2D eigenvalue weighted by molar-refractivity contribution is 7.08. The number of rotatable bonds is 6. The van der Waals surface area contributed by atoms with E-state index in [0.29, 0.717) is 6.42 Å². The highest BCUT2D eigenvalue weighted by Gasteiger charge is 2.23. The Balaban J connectivity index is 1.37. The van der Waals surface area contributed by atoms with Crippen LogP contribution in [0.15, 0.2) is 47.2 Å². The van der Waals surface area contributed by atoms with E-state index >= 15 is 0 Å². The summed E-state index contributed by atoms with van der Waals surface area (Å²) in [6, 6.07) is 12.1. The molecule has 28 heavy (non-hydrogen) atoms. The van der Waals surface area contributed by atoms with Crippen LogP contribution in [0.25, 0.3) is 11.3 Å². The molecule has 0 radical (unpaired) electrons. The molecule has 3 aromatic rings. The number of nitrogens with zero attached hydrogens (tertiary/aromatic N) is 2. The van der Waals surface area contributed by atoms with Gasteiger partial charge in [0.15, 0.2) is 5.82 Å². The van der Waals surface area contributed by atoms with E-state index in [-0.39, 0.29) is 11.9 Å². The molecule has 1 aliphatic heterocycles. The van der Waals surface area contributed by atoms with Crippen molar-refractivity contribution >= 4 is 23.1 Å². The number of H-pyrrole nitrogens is 1. The molecular formula is C21H24N4O2S. The van der Waals surface area contributed by atoms with Gasteiger partial charge in [0.05, 0.1) is 19.2 Å². The van der Waals surface area contributed by atoms with E-state index in [4.69, 9.17) is 4.74 Å². The van der Waals surface area contributed by atoms with E-state index in [1.54, 1.807) is 18.4 Å². The average Bonchev–Trinajstić information content (AvgIpc) is 3.40. The molecule has 1 unspecified atom stereocenters. The van der Waals surface area contributed by atoms with Gasteiger partial charge in [-0.25, -0.2) is 0 Å². The first-order valence-electron chi connectivity index (χ1n) is 9.46. The van der Waals surface area contributed by atoms with Crippen molar-refractivity contribution in [3.8, 4) is 17.0 Å². The highest BCUT2D eigenvalue weighted by atomic mass is 32.1. The van der Waals surface area contributed by atoms with Crippen LogP contribution in [0.1, 0.15) is 18.4 Å². The normalized spacial score (nSPS) is 16.8. The number of hydrogen-bond acceptors (Lipinski definition) is 5. The molecule has 0 saturated carbocycles. The van der Waals surface area contributed by atoms with E-state index in [1.165, 1.54) is 0 Å². The van der Waals surface area contributed by atoms with Gasteiger partial charge in [-0.15, -0.1) is 0 Å².